The maximum absolute atomic E-state index is 13.6. The average molecular weight is 289 g/mol. The predicted molar refractivity (Wildman–Crippen MR) is 76.6 cm³/mol. The summed E-state index contributed by atoms with van der Waals surface area (Å²) in [6.45, 7) is 1.78. The Morgan fingerprint density at radius 1 is 1.29 bits per heavy atom. The zero-order chi connectivity index (χ0) is 15.6. The fourth-order valence-corrected chi connectivity index (χ4v) is 1.78. The molecule has 0 fully saturated rings. The summed E-state index contributed by atoms with van der Waals surface area (Å²) < 4.78 is 13.6. The van der Waals surface area contributed by atoms with Gasteiger partial charge in [0.2, 0.25) is 0 Å². The van der Waals surface area contributed by atoms with E-state index in [1.165, 1.54) is 0 Å². The number of nitrogens with zero attached hydrogens (tertiary/aromatic N) is 1. The Labute approximate surface area is 119 Å². The third-order valence-electron chi connectivity index (χ3n) is 2.86. The van der Waals surface area contributed by atoms with Gasteiger partial charge in [-0.1, -0.05) is 11.6 Å². The summed E-state index contributed by atoms with van der Waals surface area (Å²) in [6, 6.07) is 7.76. The molecule has 2 aromatic carbocycles. The predicted octanol–water partition coefficient (Wildman–Crippen LogP) is 2.88. The maximum atomic E-state index is 13.6. The van der Waals surface area contributed by atoms with Crippen LogP contribution in [-0.4, -0.2) is 10.8 Å². The number of nitrogen functional groups attached to an aromatic ring is 1. The van der Waals surface area contributed by atoms with Gasteiger partial charge in [-0.25, -0.2) is 4.39 Å². The molecular formula is C14H12FN3O3. The molecule has 0 bridgehead atoms. The lowest BCUT2D eigenvalue weighted by Gasteiger charge is -2.09. The summed E-state index contributed by atoms with van der Waals surface area (Å²) >= 11 is 0. The topological polar surface area (TPSA) is 98.3 Å². The highest BCUT2D eigenvalue weighted by Gasteiger charge is 2.15. The fourth-order valence-electron chi connectivity index (χ4n) is 1.78. The Balaban J connectivity index is 2.33. The van der Waals surface area contributed by atoms with E-state index in [2.05, 4.69) is 5.32 Å². The van der Waals surface area contributed by atoms with Crippen LogP contribution in [0.15, 0.2) is 36.4 Å². The lowest BCUT2D eigenvalue weighted by atomic mass is 10.1. The molecule has 3 N–H and O–H groups in total. The number of rotatable bonds is 3. The van der Waals surface area contributed by atoms with Crippen molar-refractivity contribution in [2.24, 2.45) is 0 Å². The number of non-ortho nitro benzene ring substituents is 1. The van der Waals surface area contributed by atoms with Crippen molar-refractivity contribution in [3.05, 3.63) is 63.5 Å². The second-order valence-electron chi connectivity index (χ2n) is 4.47. The Hall–Kier alpha value is -2.96. The molecule has 0 heterocycles. The first-order valence-electron chi connectivity index (χ1n) is 6.00. The highest BCUT2D eigenvalue weighted by atomic mass is 19.1. The molecule has 0 aromatic heterocycles. The maximum Gasteiger partial charge on any atom is 0.271 e. The molecule has 0 spiro atoms. The van der Waals surface area contributed by atoms with Crippen LogP contribution in [0.5, 0.6) is 0 Å². The molecule has 108 valence electrons. The molecule has 21 heavy (non-hydrogen) atoms. The van der Waals surface area contributed by atoms with E-state index in [0.29, 0.717) is 0 Å². The number of hydrogen-bond acceptors (Lipinski definition) is 4. The summed E-state index contributed by atoms with van der Waals surface area (Å²) in [5, 5.41) is 13.0. The lowest BCUT2D eigenvalue weighted by molar-refractivity contribution is -0.384. The third-order valence-corrected chi connectivity index (χ3v) is 2.86. The quantitative estimate of drug-likeness (QED) is 0.515. The number of nitro groups is 1. The van der Waals surface area contributed by atoms with Gasteiger partial charge < -0.3 is 11.1 Å². The Kier molecular flexibility index (Phi) is 3.84. The number of amides is 1. The summed E-state index contributed by atoms with van der Waals surface area (Å²) in [6.07, 6.45) is 0. The minimum atomic E-state index is -0.764. The number of nitro benzene ring substituents is 1. The molecule has 7 heteroatoms. The van der Waals surface area contributed by atoms with Crippen LogP contribution >= 0.6 is 0 Å². The van der Waals surface area contributed by atoms with Crippen LogP contribution in [0.4, 0.5) is 21.5 Å². The largest absolute Gasteiger partial charge is 0.398 e. The standard InChI is InChI=1S/C14H12FN3O3/c1-8-2-5-12(16)10(6-8)14(19)17-13-7-9(18(20)21)3-4-11(13)15/h2-7H,16H2,1H3,(H,17,19). The summed E-state index contributed by atoms with van der Waals surface area (Å²) in [5.74, 6) is -1.39. The molecule has 1 amide bonds. The molecule has 0 aliphatic rings. The summed E-state index contributed by atoms with van der Waals surface area (Å²) in [5.41, 5.74) is 6.35. The van der Waals surface area contributed by atoms with Crippen molar-refractivity contribution in [3.63, 3.8) is 0 Å². The molecular weight excluding hydrogens is 277 g/mol. The Bertz CT molecular complexity index is 731. The smallest absolute Gasteiger partial charge is 0.271 e. The minimum absolute atomic E-state index is 0.181. The van der Waals surface area contributed by atoms with Crippen molar-refractivity contribution >= 4 is 23.0 Å². The summed E-state index contributed by atoms with van der Waals surface area (Å²) in [4.78, 5) is 22.1. The molecule has 0 aliphatic heterocycles. The van der Waals surface area contributed by atoms with Crippen LogP contribution in [0, 0.1) is 22.9 Å². The first-order valence-corrected chi connectivity index (χ1v) is 6.00. The van der Waals surface area contributed by atoms with E-state index in [-0.39, 0.29) is 22.6 Å². The zero-order valence-corrected chi connectivity index (χ0v) is 11.1. The van der Waals surface area contributed by atoms with Crippen LogP contribution in [0.25, 0.3) is 0 Å². The van der Waals surface area contributed by atoms with Crippen molar-refractivity contribution in [2.75, 3.05) is 11.1 Å². The highest BCUT2D eigenvalue weighted by Crippen LogP contribution is 2.23. The van der Waals surface area contributed by atoms with Gasteiger partial charge in [-0.2, -0.15) is 0 Å². The second kappa shape index (κ2) is 5.58. The van der Waals surface area contributed by atoms with Crippen molar-refractivity contribution in [3.8, 4) is 0 Å². The van der Waals surface area contributed by atoms with E-state index < -0.39 is 16.6 Å². The van der Waals surface area contributed by atoms with Crippen LogP contribution in [0.2, 0.25) is 0 Å². The van der Waals surface area contributed by atoms with Gasteiger partial charge in [-0.05, 0) is 25.1 Å². The van der Waals surface area contributed by atoms with E-state index in [1.807, 2.05) is 0 Å². The zero-order valence-electron chi connectivity index (χ0n) is 11.1. The van der Waals surface area contributed by atoms with Gasteiger partial charge in [0.05, 0.1) is 16.2 Å². The van der Waals surface area contributed by atoms with E-state index in [4.69, 9.17) is 5.73 Å². The number of halogens is 1. The summed E-state index contributed by atoms with van der Waals surface area (Å²) in [7, 11) is 0. The normalized spacial score (nSPS) is 10.2. The first-order chi connectivity index (χ1) is 9.88. The number of hydrogen-bond donors (Lipinski definition) is 2. The van der Waals surface area contributed by atoms with Gasteiger partial charge in [0.15, 0.2) is 0 Å². The van der Waals surface area contributed by atoms with Gasteiger partial charge in [-0.3, -0.25) is 14.9 Å². The van der Waals surface area contributed by atoms with Gasteiger partial charge in [-0.15, -0.1) is 0 Å². The van der Waals surface area contributed by atoms with Crippen molar-refractivity contribution in [2.45, 2.75) is 6.92 Å². The number of benzene rings is 2. The number of nitrogens with one attached hydrogen (secondary N) is 1. The molecule has 0 saturated carbocycles. The van der Waals surface area contributed by atoms with Crippen LogP contribution < -0.4 is 11.1 Å². The van der Waals surface area contributed by atoms with Crippen LogP contribution in [-0.2, 0) is 0 Å². The average Bonchev–Trinajstić information content (AvgIpc) is 2.43. The SMILES string of the molecule is Cc1ccc(N)c(C(=O)Nc2cc([N+](=O)[O-])ccc2F)c1. The molecule has 0 aliphatic carbocycles. The van der Waals surface area contributed by atoms with Gasteiger partial charge >= 0.3 is 0 Å². The first kappa shape index (κ1) is 14.4. The van der Waals surface area contributed by atoms with Crippen molar-refractivity contribution in [1.82, 2.24) is 0 Å². The number of carbonyl (C=O) groups excluding carboxylic acids is 1. The van der Waals surface area contributed by atoms with Crippen LogP contribution in [0.3, 0.4) is 0 Å². The molecule has 2 aromatic rings. The molecule has 6 nitrogen and oxygen atoms in total. The van der Waals surface area contributed by atoms with Gasteiger partial charge in [0.25, 0.3) is 11.6 Å². The number of aryl methyl sites for hydroxylation is 1. The van der Waals surface area contributed by atoms with Gasteiger partial charge in [0, 0.05) is 17.8 Å². The van der Waals surface area contributed by atoms with E-state index >= 15 is 0 Å². The molecule has 0 radical (unpaired) electrons. The van der Waals surface area contributed by atoms with Crippen molar-refractivity contribution < 1.29 is 14.1 Å². The monoisotopic (exact) mass is 289 g/mol. The van der Waals surface area contributed by atoms with Gasteiger partial charge in [0.1, 0.15) is 5.82 Å². The fraction of sp³-hybridized carbons (Fsp3) is 0.0714. The molecule has 2 rings (SSSR count). The Morgan fingerprint density at radius 3 is 2.67 bits per heavy atom. The second-order valence-corrected chi connectivity index (χ2v) is 4.47. The highest BCUT2D eigenvalue weighted by molar-refractivity contribution is 6.08. The number of anilines is 2. The molecule has 0 saturated heterocycles. The van der Waals surface area contributed by atoms with E-state index in [0.717, 1.165) is 23.8 Å². The number of carbonyl (C=O) groups is 1. The molecule has 0 atom stereocenters. The van der Waals surface area contributed by atoms with E-state index in [9.17, 15) is 19.3 Å². The lowest BCUT2D eigenvalue weighted by Crippen LogP contribution is -2.15. The Morgan fingerprint density at radius 2 is 2.00 bits per heavy atom. The van der Waals surface area contributed by atoms with Crippen LogP contribution in [0.1, 0.15) is 15.9 Å². The van der Waals surface area contributed by atoms with E-state index in [1.54, 1.807) is 25.1 Å². The van der Waals surface area contributed by atoms with Crippen molar-refractivity contribution in [1.29, 1.82) is 0 Å². The molecule has 0 unspecified atom stereocenters. The minimum Gasteiger partial charge on any atom is -0.398 e. The third kappa shape index (κ3) is 3.14. The number of nitrogens with two attached hydrogens (primary N) is 1.